The van der Waals surface area contributed by atoms with Crippen LogP contribution in [0.25, 0.3) is 27.5 Å². The Balaban J connectivity index is 0.00000103. The number of benzene rings is 1. The van der Waals surface area contributed by atoms with Gasteiger partial charge in [-0.05, 0) is 50.6 Å². The zero-order valence-electron chi connectivity index (χ0n) is 19.9. The molecule has 0 spiro atoms. The number of nitrogens with zero attached hydrogens (tertiary/aromatic N) is 4. The number of thiazole rings is 1. The lowest BCUT2D eigenvalue weighted by Crippen LogP contribution is -1.94. The van der Waals surface area contributed by atoms with Crippen LogP contribution in [0.2, 0.25) is 0 Å². The van der Waals surface area contributed by atoms with E-state index in [4.69, 9.17) is 24.4 Å². The van der Waals surface area contributed by atoms with Crippen molar-refractivity contribution in [2.24, 2.45) is 0 Å². The summed E-state index contributed by atoms with van der Waals surface area (Å²) in [4.78, 5) is 25.7. The van der Waals surface area contributed by atoms with Gasteiger partial charge in [0.25, 0.3) is 0 Å². The minimum Gasteiger partial charge on any atom is -0.496 e. The van der Waals surface area contributed by atoms with Gasteiger partial charge in [-0.3, -0.25) is 4.98 Å². The molecule has 0 fully saturated rings. The lowest BCUT2D eigenvalue weighted by atomic mass is 10.1. The molecule has 3 aromatic heterocycles. The average Bonchev–Trinajstić information content (AvgIpc) is 3.36. The summed E-state index contributed by atoms with van der Waals surface area (Å²) in [7, 11) is 1.70. The highest BCUT2D eigenvalue weighted by Gasteiger charge is 2.20. The summed E-state index contributed by atoms with van der Waals surface area (Å²) in [6.45, 7) is 10.5. The maximum atomic E-state index is 8.12. The highest BCUT2D eigenvalue weighted by atomic mass is 32.2. The van der Waals surface area contributed by atoms with E-state index < -0.39 is 0 Å². The standard InChI is InChI=1S/C24H26N4OS2.CO2/c1-14(2)30-23-22(19-9-7-8-10-21(19)29-6)26-24(31-23)28-13-20(17(5)27-28)18-11-15(3)25-16(4)12-18;2-1-3/h7-14H,1-6H3;. The predicted molar refractivity (Wildman–Crippen MR) is 135 cm³/mol. The van der Waals surface area contributed by atoms with E-state index in [1.807, 2.05) is 55.4 Å². The smallest absolute Gasteiger partial charge is 0.373 e. The Hall–Kier alpha value is -3.26. The molecule has 0 aliphatic rings. The third kappa shape index (κ3) is 5.80. The van der Waals surface area contributed by atoms with Crippen LogP contribution in [0.3, 0.4) is 0 Å². The Bertz CT molecular complexity index is 1300. The van der Waals surface area contributed by atoms with E-state index in [0.29, 0.717) is 5.25 Å². The number of hydrogen-bond donors (Lipinski definition) is 0. The number of aromatic nitrogens is 4. The lowest BCUT2D eigenvalue weighted by Gasteiger charge is -2.08. The Labute approximate surface area is 207 Å². The maximum absolute atomic E-state index is 8.12. The minimum atomic E-state index is 0.250. The first-order valence-corrected chi connectivity index (χ1v) is 12.3. The summed E-state index contributed by atoms with van der Waals surface area (Å²) in [5, 5.41) is 6.08. The van der Waals surface area contributed by atoms with Gasteiger partial charge in [-0.2, -0.15) is 14.7 Å². The first-order valence-electron chi connectivity index (χ1n) is 10.6. The predicted octanol–water partition coefficient (Wildman–Crippen LogP) is 5.91. The molecule has 0 saturated heterocycles. The molecule has 0 aliphatic heterocycles. The molecule has 34 heavy (non-hydrogen) atoms. The zero-order valence-corrected chi connectivity index (χ0v) is 21.6. The Morgan fingerprint density at radius 2 is 1.68 bits per heavy atom. The average molecular weight is 495 g/mol. The van der Waals surface area contributed by atoms with Gasteiger partial charge in [-0.1, -0.05) is 37.3 Å². The number of para-hydroxylation sites is 1. The van der Waals surface area contributed by atoms with E-state index in [0.717, 1.165) is 50.3 Å². The molecule has 176 valence electrons. The van der Waals surface area contributed by atoms with Crippen LogP contribution in [0.5, 0.6) is 5.75 Å². The second kappa shape index (κ2) is 11.2. The molecule has 4 rings (SSSR count). The molecule has 0 bridgehead atoms. The van der Waals surface area contributed by atoms with Crippen molar-refractivity contribution in [1.82, 2.24) is 19.7 Å². The highest BCUT2D eigenvalue weighted by Crippen LogP contribution is 2.42. The van der Waals surface area contributed by atoms with Gasteiger partial charge < -0.3 is 4.74 Å². The number of hydrogen-bond acceptors (Lipinski definition) is 8. The van der Waals surface area contributed by atoms with E-state index in [2.05, 4.69) is 43.2 Å². The van der Waals surface area contributed by atoms with Gasteiger partial charge >= 0.3 is 6.15 Å². The van der Waals surface area contributed by atoms with Crippen LogP contribution >= 0.6 is 23.1 Å². The fourth-order valence-electron chi connectivity index (χ4n) is 3.53. The third-order valence-corrected chi connectivity index (χ3v) is 7.03. The number of thioether (sulfide) groups is 1. The number of carbonyl (C=O) groups excluding carboxylic acids is 2. The number of rotatable bonds is 6. The summed E-state index contributed by atoms with van der Waals surface area (Å²) in [6, 6.07) is 12.2. The fraction of sp³-hybridized carbons (Fsp3) is 0.280. The third-order valence-electron chi connectivity index (χ3n) is 4.78. The highest BCUT2D eigenvalue weighted by molar-refractivity contribution is 8.01. The van der Waals surface area contributed by atoms with E-state index in [1.165, 1.54) is 4.21 Å². The lowest BCUT2D eigenvalue weighted by molar-refractivity contribution is -0.191. The molecule has 0 radical (unpaired) electrons. The van der Waals surface area contributed by atoms with Gasteiger partial charge in [0.05, 0.1) is 17.0 Å². The molecule has 0 atom stereocenters. The summed E-state index contributed by atoms with van der Waals surface area (Å²) < 4.78 is 8.66. The van der Waals surface area contributed by atoms with Crippen molar-refractivity contribution in [3.8, 4) is 33.3 Å². The minimum absolute atomic E-state index is 0.250. The van der Waals surface area contributed by atoms with Crippen LogP contribution in [-0.4, -0.2) is 38.3 Å². The number of methoxy groups -OCH3 is 1. The molecular formula is C25H26N4O3S2. The monoisotopic (exact) mass is 494 g/mol. The summed E-state index contributed by atoms with van der Waals surface area (Å²) in [6.07, 6.45) is 2.32. The molecule has 0 unspecified atom stereocenters. The molecule has 0 N–H and O–H groups in total. The van der Waals surface area contributed by atoms with Crippen LogP contribution < -0.4 is 4.74 Å². The van der Waals surface area contributed by atoms with Crippen LogP contribution in [-0.2, 0) is 9.59 Å². The van der Waals surface area contributed by atoms with Gasteiger partial charge in [0.1, 0.15) is 11.4 Å². The first-order chi connectivity index (χ1) is 16.3. The van der Waals surface area contributed by atoms with Gasteiger partial charge in [0.2, 0.25) is 5.13 Å². The first kappa shape index (κ1) is 25.4. The summed E-state index contributed by atoms with van der Waals surface area (Å²) in [5.41, 5.74) is 7.15. The molecule has 1 aromatic carbocycles. The zero-order chi connectivity index (χ0) is 24.8. The second-order valence-corrected chi connectivity index (χ2v) is 10.6. The topological polar surface area (TPSA) is 87.0 Å². The number of ether oxygens (including phenoxy) is 1. The largest absolute Gasteiger partial charge is 0.496 e. The quantitative estimate of drug-likeness (QED) is 0.308. The van der Waals surface area contributed by atoms with Gasteiger partial charge in [-0.25, -0.2) is 9.67 Å². The van der Waals surface area contributed by atoms with Crippen molar-refractivity contribution in [2.75, 3.05) is 7.11 Å². The van der Waals surface area contributed by atoms with Crippen LogP contribution in [0, 0.1) is 20.8 Å². The summed E-state index contributed by atoms with van der Waals surface area (Å²) >= 11 is 3.48. The van der Waals surface area contributed by atoms with E-state index in [-0.39, 0.29) is 6.15 Å². The number of pyridine rings is 1. The van der Waals surface area contributed by atoms with Crippen molar-refractivity contribution in [1.29, 1.82) is 0 Å². The Morgan fingerprint density at radius 1 is 1.03 bits per heavy atom. The van der Waals surface area contributed by atoms with Crippen molar-refractivity contribution in [3.63, 3.8) is 0 Å². The van der Waals surface area contributed by atoms with Gasteiger partial charge in [0, 0.05) is 34.0 Å². The molecule has 4 aromatic rings. The van der Waals surface area contributed by atoms with Crippen LogP contribution in [0.4, 0.5) is 0 Å². The van der Waals surface area contributed by atoms with E-state index >= 15 is 0 Å². The van der Waals surface area contributed by atoms with Gasteiger partial charge in [0.15, 0.2) is 0 Å². The van der Waals surface area contributed by atoms with E-state index in [1.54, 1.807) is 18.4 Å². The fourth-order valence-corrected chi connectivity index (χ4v) is 5.96. The molecule has 0 aliphatic carbocycles. The van der Waals surface area contributed by atoms with Crippen molar-refractivity contribution in [2.45, 2.75) is 44.1 Å². The molecule has 7 nitrogen and oxygen atoms in total. The SMILES string of the molecule is COc1ccccc1-c1nc(-n2cc(-c3cc(C)nc(C)c3)c(C)n2)sc1SC(C)C.O=C=O. The van der Waals surface area contributed by atoms with Gasteiger partial charge in [-0.15, -0.1) is 11.8 Å². The maximum Gasteiger partial charge on any atom is 0.373 e. The summed E-state index contributed by atoms with van der Waals surface area (Å²) in [5.74, 6) is 0.824. The Morgan fingerprint density at radius 3 is 2.29 bits per heavy atom. The van der Waals surface area contributed by atoms with Crippen molar-refractivity contribution in [3.05, 3.63) is 59.7 Å². The normalized spacial score (nSPS) is 10.6. The van der Waals surface area contributed by atoms with Crippen LogP contribution in [0.1, 0.15) is 30.9 Å². The van der Waals surface area contributed by atoms with Crippen molar-refractivity contribution < 1.29 is 14.3 Å². The number of aryl methyl sites for hydroxylation is 3. The molecule has 0 amide bonds. The molecular weight excluding hydrogens is 468 g/mol. The Kier molecular flexibility index (Phi) is 8.39. The van der Waals surface area contributed by atoms with Crippen LogP contribution in [0.15, 0.2) is 46.8 Å². The van der Waals surface area contributed by atoms with Crippen molar-refractivity contribution >= 4 is 29.3 Å². The van der Waals surface area contributed by atoms with E-state index in [9.17, 15) is 0 Å². The second-order valence-electron chi connectivity index (χ2n) is 7.79. The molecule has 0 saturated carbocycles. The molecule has 3 heterocycles. The molecule has 9 heteroatoms.